The second kappa shape index (κ2) is 19.6. The van der Waals surface area contributed by atoms with Gasteiger partial charge in [0.1, 0.15) is 11.9 Å². The van der Waals surface area contributed by atoms with Crippen LogP contribution >= 0.6 is 12.6 Å². The first-order chi connectivity index (χ1) is 24.7. The van der Waals surface area contributed by atoms with Crippen molar-refractivity contribution in [2.75, 3.05) is 24.2 Å². The van der Waals surface area contributed by atoms with Crippen molar-refractivity contribution in [2.45, 2.75) is 90.9 Å². The summed E-state index contributed by atoms with van der Waals surface area (Å²) in [6.07, 6.45) is 3.52. The van der Waals surface area contributed by atoms with E-state index >= 15 is 0 Å². The summed E-state index contributed by atoms with van der Waals surface area (Å²) in [6, 6.07) is 15.7. The Kier molecular flexibility index (Phi) is 15.1. The van der Waals surface area contributed by atoms with E-state index in [0.29, 0.717) is 61.4 Å². The maximum Gasteiger partial charge on any atom is 0.332 e. The standard InChI is InChI=1S/C37H49N7O6S/c1-3-20-44-36(49)33-34(41-30(42(33)22-19-38-4-2)24-27-11-7-5-8-12-27)43(37(44)50)21-18-26-14-16-28(17-15-26)39-35(48)29(25-32(46)47)40-31(45)13-9-6-10-23-51/h5,7-8,11-12,14-17,29,38,51H,3-4,6,9-10,13,18-25H2,1-2H3,(H,39,48)(H,40,45)(H,46,47). The predicted octanol–water partition coefficient (Wildman–Crippen LogP) is 3.60. The van der Waals surface area contributed by atoms with Crippen LogP contribution in [0, 0.1) is 0 Å². The van der Waals surface area contributed by atoms with Crippen LogP contribution in [-0.4, -0.2) is 66.5 Å². The first-order valence-electron chi connectivity index (χ1n) is 17.7. The molecule has 0 fully saturated rings. The van der Waals surface area contributed by atoms with E-state index < -0.39 is 30.0 Å². The Morgan fingerprint density at radius 1 is 0.882 bits per heavy atom. The van der Waals surface area contributed by atoms with Gasteiger partial charge in [-0.05, 0) is 61.2 Å². The highest BCUT2D eigenvalue weighted by molar-refractivity contribution is 7.80. The van der Waals surface area contributed by atoms with Crippen molar-refractivity contribution in [1.82, 2.24) is 29.3 Å². The smallest absolute Gasteiger partial charge is 0.332 e. The third-order valence-electron chi connectivity index (χ3n) is 8.55. The number of thiol groups is 1. The molecular formula is C37H49N7O6S. The SMILES string of the molecule is CCCn1c(=O)c2c(nc(Cc3ccccc3)n2CCNCC)n(CCc2ccc(NC(=O)C(CC(=O)O)NC(=O)CCCCCS)cc2)c1=O. The molecule has 0 saturated carbocycles. The molecule has 1 unspecified atom stereocenters. The summed E-state index contributed by atoms with van der Waals surface area (Å²) >= 11 is 4.16. The average Bonchev–Trinajstić information content (AvgIpc) is 3.46. The Morgan fingerprint density at radius 3 is 2.29 bits per heavy atom. The van der Waals surface area contributed by atoms with Gasteiger partial charge in [-0.3, -0.25) is 28.3 Å². The molecular weight excluding hydrogens is 671 g/mol. The number of likely N-dealkylation sites (N-methyl/N-ethyl adjacent to an activating group) is 1. The van der Waals surface area contributed by atoms with Crippen molar-refractivity contribution < 1.29 is 19.5 Å². The van der Waals surface area contributed by atoms with Crippen molar-refractivity contribution in [2.24, 2.45) is 0 Å². The molecule has 2 heterocycles. The van der Waals surface area contributed by atoms with Gasteiger partial charge in [0, 0.05) is 44.7 Å². The first-order valence-corrected chi connectivity index (χ1v) is 18.3. The van der Waals surface area contributed by atoms with Gasteiger partial charge in [-0.2, -0.15) is 12.6 Å². The highest BCUT2D eigenvalue weighted by atomic mass is 32.1. The van der Waals surface area contributed by atoms with Crippen LogP contribution in [0.1, 0.15) is 69.3 Å². The summed E-state index contributed by atoms with van der Waals surface area (Å²) in [5.74, 6) is -0.782. The van der Waals surface area contributed by atoms with Crippen LogP contribution in [0.2, 0.25) is 0 Å². The number of amides is 2. The number of carbonyl (C=O) groups is 3. The van der Waals surface area contributed by atoms with Crippen LogP contribution in [-0.2, 0) is 46.9 Å². The number of benzene rings is 2. The number of unbranched alkanes of at least 4 members (excludes halogenated alkanes) is 2. The van der Waals surface area contributed by atoms with E-state index in [-0.39, 0.29) is 31.0 Å². The molecule has 4 aromatic rings. The van der Waals surface area contributed by atoms with E-state index in [2.05, 4.69) is 28.6 Å². The molecule has 14 heteroatoms. The Bertz CT molecular complexity index is 1890. The average molecular weight is 720 g/mol. The molecule has 1 atom stereocenters. The van der Waals surface area contributed by atoms with Crippen LogP contribution in [0.3, 0.4) is 0 Å². The molecule has 0 spiro atoms. The summed E-state index contributed by atoms with van der Waals surface area (Å²) in [6.45, 7) is 6.44. The molecule has 51 heavy (non-hydrogen) atoms. The molecule has 0 radical (unpaired) electrons. The van der Waals surface area contributed by atoms with Gasteiger partial charge in [-0.1, -0.05) is 62.7 Å². The number of carboxylic acid groups (broad SMARTS) is 1. The summed E-state index contributed by atoms with van der Waals surface area (Å²) in [4.78, 5) is 69.3. The fourth-order valence-corrected chi connectivity index (χ4v) is 6.15. The fourth-order valence-electron chi connectivity index (χ4n) is 5.93. The Morgan fingerprint density at radius 2 is 1.63 bits per heavy atom. The number of aromatic nitrogens is 4. The Balaban J connectivity index is 1.55. The van der Waals surface area contributed by atoms with E-state index in [4.69, 9.17) is 4.98 Å². The number of anilines is 1. The van der Waals surface area contributed by atoms with Crippen molar-refractivity contribution in [3.63, 3.8) is 0 Å². The zero-order chi connectivity index (χ0) is 36.8. The quantitative estimate of drug-likeness (QED) is 0.0643. The number of hydrogen-bond donors (Lipinski definition) is 5. The molecule has 2 amide bonds. The van der Waals surface area contributed by atoms with Gasteiger partial charge >= 0.3 is 11.7 Å². The van der Waals surface area contributed by atoms with Crippen LogP contribution in [0.15, 0.2) is 64.2 Å². The van der Waals surface area contributed by atoms with Crippen molar-refractivity contribution in [1.29, 1.82) is 0 Å². The van der Waals surface area contributed by atoms with Crippen LogP contribution in [0.25, 0.3) is 11.2 Å². The zero-order valence-electron chi connectivity index (χ0n) is 29.4. The normalized spacial score (nSPS) is 11.8. The number of nitrogens with zero attached hydrogens (tertiary/aromatic N) is 4. The van der Waals surface area contributed by atoms with Gasteiger partial charge in [-0.25, -0.2) is 9.78 Å². The number of imidazole rings is 1. The van der Waals surface area contributed by atoms with E-state index in [1.54, 1.807) is 16.7 Å². The minimum atomic E-state index is -1.23. The van der Waals surface area contributed by atoms with Gasteiger partial charge < -0.3 is 25.6 Å². The highest BCUT2D eigenvalue weighted by Gasteiger charge is 2.24. The number of nitrogens with one attached hydrogen (secondary N) is 3. The van der Waals surface area contributed by atoms with Crippen LogP contribution in [0.5, 0.6) is 0 Å². The fraction of sp³-hybridized carbons (Fsp3) is 0.459. The summed E-state index contributed by atoms with van der Waals surface area (Å²) < 4.78 is 4.82. The molecule has 4 N–H and O–H groups in total. The van der Waals surface area contributed by atoms with Crippen LogP contribution in [0.4, 0.5) is 5.69 Å². The molecule has 2 aromatic heterocycles. The lowest BCUT2D eigenvalue weighted by Crippen LogP contribution is -2.45. The third kappa shape index (κ3) is 10.9. The number of rotatable bonds is 21. The number of carbonyl (C=O) groups excluding carboxylic acids is 2. The van der Waals surface area contributed by atoms with Gasteiger partial charge in [0.05, 0.1) is 6.42 Å². The molecule has 0 saturated heterocycles. The monoisotopic (exact) mass is 719 g/mol. The number of aliphatic carboxylic acids is 1. The Hall–Kier alpha value is -4.69. The zero-order valence-corrected chi connectivity index (χ0v) is 30.3. The third-order valence-corrected chi connectivity index (χ3v) is 8.86. The van der Waals surface area contributed by atoms with Crippen molar-refractivity contribution in [3.05, 3.63) is 92.4 Å². The maximum atomic E-state index is 13.8. The second-order valence-corrected chi connectivity index (χ2v) is 12.9. The predicted molar refractivity (Wildman–Crippen MR) is 202 cm³/mol. The first kappa shape index (κ1) is 39.1. The number of fused-ring (bicyclic) bond motifs is 1. The lowest BCUT2D eigenvalue weighted by atomic mass is 10.1. The van der Waals surface area contributed by atoms with E-state index in [1.165, 1.54) is 4.57 Å². The minimum Gasteiger partial charge on any atom is -0.481 e. The molecule has 0 aliphatic rings. The molecule has 2 aromatic carbocycles. The van der Waals surface area contributed by atoms with Crippen molar-refractivity contribution in [3.8, 4) is 0 Å². The van der Waals surface area contributed by atoms with Gasteiger partial charge in [-0.15, -0.1) is 0 Å². The summed E-state index contributed by atoms with van der Waals surface area (Å²) in [7, 11) is 0. The molecule has 13 nitrogen and oxygen atoms in total. The van der Waals surface area contributed by atoms with E-state index in [0.717, 1.165) is 36.3 Å². The number of carboxylic acids is 1. The topological polar surface area (TPSA) is 169 Å². The second-order valence-electron chi connectivity index (χ2n) is 12.4. The molecule has 0 aliphatic heterocycles. The van der Waals surface area contributed by atoms with Crippen molar-refractivity contribution >= 4 is 47.3 Å². The summed E-state index contributed by atoms with van der Waals surface area (Å²) in [5.41, 5.74) is 2.36. The minimum absolute atomic E-state index is 0.196. The maximum absolute atomic E-state index is 13.8. The molecule has 0 bridgehead atoms. The molecule has 274 valence electrons. The van der Waals surface area contributed by atoms with Gasteiger partial charge in [0.2, 0.25) is 11.8 Å². The highest BCUT2D eigenvalue weighted by Crippen LogP contribution is 2.17. The largest absolute Gasteiger partial charge is 0.481 e. The van der Waals surface area contributed by atoms with E-state index in [9.17, 15) is 29.1 Å². The number of hydrogen-bond acceptors (Lipinski definition) is 8. The summed E-state index contributed by atoms with van der Waals surface area (Å²) in [5, 5.41) is 17.9. The number of aryl methyl sites for hydroxylation is 2. The van der Waals surface area contributed by atoms with Gasteiger partial charge in [0.15, 0.2) is 11.2 Å². The lowest BCUT2D eigenvalue weighted by Gasteiger charge is -2.17. The Labute approximate surface area is 302 Å². The van der Waals surface area contributed by atoms with E-state index in [1.807, 2.05) is 60.9 Å². The molecule has 0 aliphatic carbocycles. The van der Waals surface area contributed by atoms with Crippen LogP contribution < -0.4 is 27.2 Å². The lowest BCUT2D eigenvalue weighted by molar-refractivity contribution is -0.139. The van der Waals surface area contributed by atoms with Gasteiger partial charge in [0.25, 0.3) is 5.56 Å². The molecule has 4 rings (SSSR count).